The van der Waals surface area contributed by atoms with Gasteiger partial charge in [-0.25, -0.2) is 0 Å². The highest BCUT2D eigenvalue weighted by molar-refractivity contribution is 7.99. The second-order valence-corrected chi connectivity index (χ2v) is 10.2. The van der Waals surface area contributed by atoms with Gasteiger partial charge in [0.15, 0.2) is 17.1 Å². The zero-order valence-corrected chi connectivity index (χ0v) is 21.4. The predicted octanol–water partition coefficient (Wildman–Crippen LogP) is 6.08. The second-order valence-electron chi connectivity index (χ2n) is 9.26. The van der Waals surface area contributed by atoms with Crippen LogP contribution < -0.4 is 10.1 Å². The van der Waals surface area contributed by atoms with Crippen LogP contribution in [0.5, 0.6) is 5.75 Å². The van der Waals surface area contributed by atoms with E-state index in [2.05, 4.69) is 55.3 Å². The van der Waals surface area contributed by atoms with Crippen molar-refractivity contribution in [3.05, 3.63) is 65.0 Å². The van der Waals surface area contributed by atoms with Crippen molar-refractivity contribution >= 4 is 23.4 Å². The molecular weight excluding hydrogens is 432 g/mol. The summed E-state index contributed by atoms with van der Waals surface area (Å²) in [7, 11) is 0. The van der Waals surface area contributed by atoms with E-state index in [-0.39, 0.29) is 23.2 Å². The lowest BCUT2D eigenvalue weighted by Gasteiger charge is -2.20. The SMILES string of the molecule is CCn1c(SCC(=O)Nc2ccc(C)c(C)c2)nnc1C(C)Oc1ccc(C(C)(C)C)cc1. The van der Waals surface area contributed by atoms with Gasteiger partial charge < -0.3 is 14.6 Å². The van der Waals surface area contributed by atoms with Gasteiger partial charge in [0.2, 0.25) is 5.91 Å². The molecule has 1 N–H and O–H groups in total. The minimum atomic E-state index is -0.267. The molecule has 33 heavy (non-hydrogen) atoms. The molecule has 0 aliphatic heterocycles. The number of aromatic nitrogens is 3. The maximum atomic E-state index is 12.4. The topological polar surface area (TPSA) is 69.0 Å². The van der Waals surface area contributed by atoms with E-state index in [9.17, 15) is 4.79 Å². The van der Waals surface area contributed by atoms with Crippen molar-refractivity contribution in [2.75, 3.05) is 11.1 Å². The molecule has 0 aliphatic rings. The van der Waals surface area contributed by atoms with Crippen molar-refractivity contribution in [1.82, 2.24) is 14.8 Å². The van der Waals surface area contributed by atoms with E-state index in [4.69, 9.17) is 4.74 Å². The van der Waals surface area contributed by atoms with Crippen LogP contribution in [0.25, 0.3) is 0 Å². The van der Waals surface area contributed by atoms with Crippen LogP contribution in [0.2, 0.25) is 0 Å². The lowest BCUT2D eigenvalue weighted by atomic mass is 9.87. The molecule has 3 aromatic rings. The number of carbonyl (C=O) groups is 1. The Morgan fingerprint density at radius 3 is 2.39 bits per heavy atom. The molecule has 3 rings (SSSR count). The molecule has 2 aromatic carbocycles. The smallest absolute Gasteiger partial charge is 0.234 e. The standard InChI is InChI=1S/C26H34N4O2S/c1-8-30-24(19(4)32-22-13-10-20(11-14-22)26(5,6)7)28-29-25(30)33-16-23(31)27-21-12-9-17(2)18(3)15-21/h9-15,19H,8,16H2,1-7H3,(H,27,31). The average Bonchev–Trinajstić information content (AvgIpc) is 3.18. The third kappa shape index (κ3) is 6.38. The van der Waals surface area contributed by atoms with Crippen LogP contribution >= 0.6 is 11.8 Å². The maximum absolute atomic E-state index is 12.4. The molecule has 1 amide bonds. The Hall–Kier alpha value is -2.80. The molecule has 1 aromatic heterocycles. The lowest BCUT2D eigenvalue weighted by molar-refractivity contribution is -0.113. The van der Waals surface area contributed by atoms with E-state index < -0.39 is 0 Å². The van der Waals surface area contributed by atoms with Crippen LogP contribution in [-0.4, -0.2) is 26.4 Å². The number of ether oxygens (including phenoxy) is 1. The quantitative estimate of drug-likeness (QED) is 0.407. The molecule has 7 heteroatoms. The molecule has 0 saturated heterocycles. The van der Waals surface area contributed by atoms with E-state index in [1.165, 1.54) is 22.9 Å². The Morgan fingerprint density at radius 1 is 1.09 bits per heavy atom. The van der Waals surface area contributed by atoms with Crippen LogP contribution in [0, 0.1) is 13.8 Å². The fourth-order valence-electron chi connectivity index (χ4n) is 3.44. The number of rotatable bonds is 8. The van der Waals surface area contributed by atoms with Crippen molar-refractivity contribution < 1.29 is 9.53 Å². The summed E-state index contributed by atoms with van der Waals surface area (Å²) in [5.74, 6) is 1.73. The Labute approximate surface area is 201 Å². The normalized spacial score (nSPS) is 12.5. The van der Waals surface area contributed by atoms with Gasteiger partial charge in [0.05, 0.1) is 5.75 Å². The van der Waals surface area contributed by atoms with Crippen molar-refractivity contribution in [3.8, 4) is 5.75 Å². The largest absolute Gasteiger partial charge is 0.483 e. The van der Waals surface area contributed by atoms with Gasteiger partial charge in [-0.15, -0.1) is 10.2 Å². The van der Waals surface area contributed by atoms with Gasteiger partial charge in [-0.05, 0) is 74.1 Å². The Morgan fingerprint density at radius 2 is 1.79 bits per heavy atom. The molecule has 0 bridgehead atoms. The van der Waals surface area contributed by atoms with Crippen molar-refractivity contribution in [1.29, 1.82) is 0 Å². The molecule has 1 heterocycles. The number of anilines is 1. The van der Waals surface area contributed by atoms with E-state index in [1.807, 2.05) is 55.7 Å². The molecule has 1 atom stereocenters. The van der Waals surface area contributed by atoms with Gasteiger partial charge in [-0.2, -0.15) is 0 Å². The summed E-state index contributed by atoms with van der Waals surface area (Å²) >= 11 is 1.38. The molecule has 0 saturated carbocycles. The van der Waals surface area contributed by atoms with E-state index in [0.29, 0.717) is 11.7 Å². The van der Waals surface area contributed by atoms with Gasteiger partial charge in [-0.3, -0.25) is 4.79 Å². The highest BCUT2D eigenvalue weighted by atomic mass is 32.2. The third-order valence-corrected chi connectivity index (χ3v) is 6.55. The van der Waals surface area contributed by atoms with Crippen molar-refractivity contribution in [2.45, 2.75) is 71.7 Å². The number of nitrogens with one attached hydrogen (secondary N) is 1. The summed E-state index contributed by atoms with van der Waals surface area (Å²) in [6.45, 7) is 15.4. The van der Waals surface area contributed by atoms with Crippen LogP contribution in [0.4, 0.5) is 5.69 Å². The zero-order chi connectivity index (χ0) is 24.2. The number of nitrogens with zero attached hydrogens (tertiary/aromatic N) is 3. The Balaban J connectivity index is 1.62. The highest BCUT2D eigenvalue weighted by Crippen LogP contribution is 2.28. The number of amides is 1. The zero-order valence-electron chi connectivity index (χ0n) is 20.6. The molecule has 0 aliphatic carbocycles. The first-order chi connectivity index (χ1) is 15.6. The minimum Gasteiger partial charge on any atom is -0.483 e. The molecule has 6 nitrogen and oxygen atoms in total. The fourth-order valence-corrected chi connectivity index (χ4v) is 4.25. The number of aryl methyl sites for hydroxylation is 2. The Kier molecular flexibility index (Phi) is 7.84. The van der Waals surface area contributed by atoms with E-state index >= 15 is 0 Å². The van der Waals surface area contributed by atoms with Crippen LogP contribution in [-0.2, 0) is 16.8 Å². The first-order valence-corrected chi connectivity index (χ1v) is 12.3. The average molecular weight is 467 g/mol. The van der Waals surface area contributed by atoms with Crippen LogP contribution in [0.3, 0.4) is 0 Å². The molecule has 0 fully saturated rings. The second kappa shape index (κ2) is 10.4. The number of benzene rings is 2. The summed E-state index contributed by atoms with van der Waals surface area (Å²) in [5.41, 5.74) is 4.52. The third-order valence-electron chi connectivity index (χ3n) is 5.58. The maximum Gasteiger partial charge on any atom is 0.234 e. The number of hydrogen-bond acceptors (Lipinski definition) is 5. The summed E-state index contributed by atoms with van der Waals surface area (Å²) in [6.07, 6.45) is -0.267. The highest BCUT2D eigenvalue weighted by Gasteiger charge is 2.20. The Bertz CT molecular complexity index is 1100. The fraction of sp³-hybridized carbons (Fsp3) is 0.423. The van der Waals surface area contributed by atoms with Gasteiger partial charge in [-0.1, -0.05) is 50.7 Å². The van der Waals surface area contributed by atoms with Crippen molar-refractivity contribution in [2.24, 2.45) is 0 Å². The van der Waals surface area contributed by atoms with E-state index in [1.54, 1.807) is 0 Å². The van der Waals surface area contributed by atoms with Gasteiger partial charge >= 0.3 is 0 Å². The van der Waals surface area contributed by atoms with Crippen molar-refractivity contribution in [3.63, 3.8) is 0 Å². The minimum absolute atomic E-state index is 0.0707. The molecule has 1 unspecified atom stereocenters. The molecule has 0 radical (unpaired) electrons. The van der Waals surface area contributed by atoms with E-state index in [0.717, 1.165) is 22.8 Å². The lowest BCUT2D eigenvalue weighted by Crippen LogP contribution is -2.15. The van der Waals surface area contributed by atoms with Crippen LogP contribution in [0.1, 0.15) is 63.2 Å². The van der Waals surface area contributed by atoms with Gasteiger partial charge in [0.1, 0.15) is 5.75 Å². The monoisotopic (exact) mass is 466 g/mol. The first kappa shape index (κ1) is 24.8. The number of thioether (sulfide) groups is 1. The first-order valence-electron chi connectivity index (χ1n) is 11.3. The molecule has 176 valence electrons. The van der Waals surface area contributed by atoms with Gasteiger partial charge in [0.25, 0.3) is 0 Å². The molecular formula is C26H34N4O2S. The van der Waals surface area contributed by atoms with Crippen LogP contribution in [0.15, 0.2) is 47.6 Å². The molecule has 0 spiro atoms. The number of carbonyl (C=O) groups excluding carboxylic acids is 1. The summed E-state index contributed by atoms with van der Waals surface area (Å²) in [5, 5.41) is 12.3. The number of hydrogen-bond donors (Lipinski definition) is 1. The van der Waals surface area contributed by atoms with Gasteiger partial charge in [0, 0.05) is 12.2 Å². The summed E-state index contributed by atoms with van der Waals surface area (Å²) in [6, 6.07) is 14.1. The summed E-state index contributed by atoms with van der Waals surface area (Å²) in [4.78, 5) is 12.4. The summed E-state index contributed by atoms with van der Waals surface area (Å²) < 4.78 is 8.14. The predicted molar refractivity (Wildman–Crippen MR) is 135 cm³/mol.